The Bertz CT molecular complexity index is 353. The van der Waals surface area contributed by atoms with Gasteiger partial charge in [0.05, 0.1) is 13.7 Å². The van der Waals surface area contributed by atoms with Gasteiger partial charge in [0.15, 0.2) is 5.79 Å². The van der Waals surface area contributed by atoms with Crippen molar-refractivity contribution in [2.24, 2.45) is 0 Å². The summed E-state index contributed by atoms with van der Waals surface area (Å²) in [7, 11) is 1.56. The average molecular weight is 195 g/mol. The first-order valence-electron chi connectivity index (χ1n) is 4.60. The second kappa shape index (κ2) is 3.22. The second-order valence-corrected chi connectivity index (χ2v) is 3.27. The molecule has 1 atom stereocenters. The van der Waals surface area contributed by atoms with Crippen LogP contribution >= 0.6 is 0 Å². The van der Waals surface area contributed by atoms with Gasteiger partial charge < -0.3 is 14.6 Å². The number of rotatable bonds is 2. The minimum absolute atomic E-state index is 0.358. The van der Waals surface area contributed by atoms with E-state index in [4.69, 9.17) is 9.47 Å². The SMILES string of the molecule is CCC1(O)OCc2c1ccnc2OC. The number of fused-ring (bicyclic) bond motifs is 1. The van der Waals surface area contributed by atoms with Crippen LogP contribution in [0.2, 0.25) is 0 Å². The van der Waals surface area contributed by atoms with Crippen molar-refractivity contribution in [1.82, 2.24) is 4.98 Å². The molecule has 1 aromatic rings. The number of hydrogen-bond donors (Lipinski definition) is 1. The zero-order valence-electron chi connectivity index (χ0n) is 8.28. The van der Waals surface area contributed by atoms with Gasteiger partial charge in [-0.2, -0.15) is 0 Å². The van der Waals surface area contributed by atoms with Crippen LogP contribution in [0.4, 0.5) is 0 Å². The molecule has 1 N–H and O–H groups in total. The normalized spacial score (nSPS) is 24.8. The summed E-state index contributed by atoms with van der Waals surface area (Å²) in [6.45, 7) is 2.23. The predicted molar refractivity (Wildman–Crippen MR) is 49.8 cm³/mol. The molecule has 2 heterocycles. The van der Waals surface area contributed by atoms with Gasteiger partial charge in [-0.15, -0.1) is 0 Å². The van der Waals surface area contributed by atoms with E-state index >= 15 is 0 Å². The number of ether oxygens (including phenoxy) is 2. The minimum atomic E-state index is -1.16. The molecule has 76 valence electrons. The Morgan fingerprint density at radius 3 is 3.14 bits per heavy atom. The van der Waals surface area contributed by atoms with Gasteiger partial charge in [-0.1, -0.05) is 6.92 Å². The summed E-state index contributed by atoms with van der Waals surface area (Å²) in [5, 5.41) is 10.1. The van der Waals surface area contributed by atoms with Gasteiger partial charge >= 0.3 is 0 Å². The van der Waals surface area contributed by atoms with E-state index in [1.54, 1.807) is 19.4 Å². The minimum Gasteiger partial charge on any atom is -0.481 e. The lowest BCUT2D eigenvalue weighted by atomic mass is 10.0. The molecular formula is C10H13NO3. The number of aromatic nitrogens is 1. The molecule has 14 heavy (non-hydrogen) atoms. The summed E-state index contributed by atoms with van der Waals surface area (Å²) in [6.07, 6.45) is 2.14. The quantitative estimate of drug-likeness (QED) is 0.769. The molecule has 1 unspecified atom stereocenters. The highest BCUT2D eigenvalue weighted by Crippen LogP contribution is 2.39. The largest absolute Gasteiger partial charge is 0.481 e. The fourth-order valence-corrected chi connectivity index (χ4v) is 1.72. The molecule has 0 amide bonds. The molecule has 0 radical (unpaired) electrons. The van der Waals surface area contributed by atoms with Gasteiger partial charge in [-0.25, -0.2) is 4.98 Å². The molecule has 1 aromatic heterocycles. The standard InChI is InChI=1S/C10H13NO3/c1-3-10(12)8-4-5-11-9(13-2)7(8)6-14-10/h4-5,12H,3,6H2,1-2H3. The van der Waals surface area contributed by atoms with Crippen molar-refractivity contribution >= 4 is 0 Å². The molecule has 1 aliphatic rings. The Hall–Kier alpha value is -1.13. The van der Waals surface area contributed by atoms with Gasteiger partial charge in [0.25, 0.3) is 0 Å². The third-order valence-electron chi connectivity index (χ3n) is 2.56. The van der Waals surface area contributed by atoms with Crippen molar-refractivity contribution in [3.05, 3.63) is 23.4 Å². The zero-order chi connectivity index (χ0) is 10.2. The summed E-state index contributed by atoms with van der Waals surface area (Å²) in [6, 6.07) is 1.77. The van der Waals surface area contributed by atoms with Gasteiger partial charge in [0, 0.05) is 23.7 Å². The van der Waals surface area contributed by atoms with Crippen LogP contribution in [0.3, 0.4) is 0 Å². The van der Waals surface area contributed by atoms with E-state index in [0.29, 0.717) is 18.9 Å². The Labute approximate surface area is 82.5 Å². The maximum Gasteiger partial charge on any atom is 0.219 e. The lowest BCUT2D eigenvalue weighted by molar-refractivity contribution is -0.204. The summed E-state index contributed by atoms with van der Waals surface area (Å²) >= 11 is 0. The molecule has 1 aliphatic heterocycles. The van der Waals surface area contributed by atoms with Crippen molar-refractivity contribution in [3.8, 4) is 5.88 Å². The van der Waals surface area contributed by atoms with Gasteiger partial charge in [-0.05, 0) is 6.07 Å². The summed E-state index contributed by atoms with van der Waals surface area (Å²) in [5.74, 6) is -0.627. The molecule has 4 heteroatoms. The number of methoxy groups -OCH3 is 1. The molecule has 0 aromatic carbocycles. The van der Waals surface area contributed by atoms with E-state index in [1.165, 1.54) is 0 Å². The number of aliphatic hydroxyl groups is 1. The Balaban J connectivity index is 2.52. The fourth-order valence-electron chi connectivity index (χ4n) is 1.72. The van der Waals surface area contributed by atoms with Crippen LogP contribution in [0.5, 0.6) is 5.88 Å². The van der Waals surface area contributed by atoms with Crippen molar-refractivity contribution < 1.29 is 14.6 Å². The van der Waals surface area contributed by atoms with Crippen molar-refractivity contribution in [2.75, 3.05) is 7.11 Å². The number of pyridine rings is 1. The Kier molecular flexibility index (Phi) is 2.17. The molecule has 0 fully saturated rings. The van der Waals surface area contributed by atoms with E-state index in [-0.39, 0.29) is 0 Å². The van der Waals surface area contributed by atoms with Crippen molar-refractivity contribution in [2.45, 2.75) is 25.7 Å². The van der Waals surface area contributed by atoms with E-state index in [2.05, 4.69) is 4.98 Å². The first kappa shape index (κ1) is 9.43. The van der Waals surface area contributed by atoms with Crippen LogP contribution in [0.1, 0.15) is 24.5 Å². The fraction of sp³-hybridized carbons (Fsp3) is 0.500. The lowest BCUT2D eigenvalue weighted by Crippen LogP contribution is -2.23. The van der Waals surface area contributed by atoms with Crippen LogP contribution in [0, 0.1) is 0 Å². The highest BCUT2D eigenvalue weighted by Gasteiger charge is 2.38. The van der Waals surface area contributed by atoms with Crippen molar-refractivity contribution in [1.29, 1.82) is 0 Å². The molecule has 0 aliphatic carbocycles. The first-order valence-corrected chi connectivity index (χ1v) is 4.60. The monoisotopic (exact) mass is 195 g/mol. The Morgan fingerprint density at radius 1 is 1.71 bits per heavy atom. The highest BCUT2D eigenvalue weighted by atomic mass is 16.6. The van der Waals surface area contributed by atoms with E-state index in [0.717, 1.165) is 11.1 Å². The zero-order valence-corrected chi connectivity index (χ0v) is 8.28. The molecule has 0 saturated heterocycles. The van der Waals surface area contributed by atoms with Crippen molar-refractivity contribution in [3.63, 3.8) is 0 Å². The van der Waals surface area contributed by atoms with E-state index in [9.17, 15) is 5.11 Å². The molecule has 0 spiro atoms. The van der Waals surface area contributed by atoms with Crippen LogP contribution in [-0.4, -0.2) is 17.2 Å². The molecule has 4 nitrogen and oxygen atoms in total. The van der Waals surface area contributed by atoms with Crippen LogP contribution in [0.25, 0.3) is 0 Å². The average Bonchev–Trinajstić information content (AvgIpc) is 2.58. The summed E-state index contributed by atoms with van der Waals surface area (Å²) < 4.78 is 10.4. The van der Waals surface area contributed by atoms with Crippen LogP contribution < -0.4 is 4.74 Å². The van der Waals surface area contributed by atoms with E-state index in [1.807, 2.05) is 6.92 Å². The van der Waals surface area contributed by atoms with Gasteiger partial charge in [0.2, 0.25) is 5.88 Å². The van der Waals surface area contributed by atoms with Crippen LogP contribution in [-0.2, 0) is 17.1 Å². The lowest BCUT2D eigenvalue weighted by Gasteiger charge is -2.20. The molecule has 0 saturated carbocycles. The van der Waals surface area contributed by atoms with E-state index < -0.39 is 5.79 Å². The number of hydrogen-bond acceptors (Lipinski definition) is 4. The smallest absolute Gasteiger partial charge is 0.219 e. The second-order valence-electron chi connectivity index (χ2n) is 3.27. The highest BCUT2D eigenvalue weighted by molar-refractivity contribution is 5.39. The van der Waals surface area contributed by atoms with Gasteiger partial charge in [-0.3, -0.25) is 0 Å². The maximum atomic E-state index is 10.1. The molecule has 0 bridgehead atoms. The number of nitrogens with zero attached hydrogens (tertiary/aromatic N) is 1. The van der Waals surface area contributed by atoms with Crippen LogP contribution in [0.15, 0.2) is 12.3 Å². The summed E-state index contributed by atoms with van der Waals surface area (Å²) in [5.41, 5.74) is 1.62. The predicted octanol–water partition coefficient (Wildman–Crippen LogP) is 1.18. The Morgan fingerprint density at radius 2 is 2.50 bits per heavy atom. The molecule has 2 rings (SSSR count). The summed E-state index contributed by atoms with van der Waals surface area (Å²) in [4.78, 5) is 4.06. The maximum absolute atomic E-state index is 10.1. The third kappa shape index (κ3) is 1.19. The van der Waals surface area contributed by atoms with Gasteiger partial charge in [0.1, 0.15) is 0 Å². The topological polar surface area (TPSA) is 51.6 Å². The molecular weight excluding hydrogens is 182 g/mol. The first-order chi connectivity index (χ1) is 6.71. The third-order valence-corrected chi connectivity index (χ3v) is 2.56.